The molecule has 0 aliphatic carbocycles. The minimum absolute atomic E-state index is 0.0847. The van der Waals surface area contributed by atoms with Crippen molar-refractivity contribution in [3.8, 4) is 0 Å². The molecule has 0 aromatic heterocycles. The minimum atomic E-state index is -0.789. The molecule has 420 valence electrons. The highest BCUT2D eigenvalue weighted by Gasteiger charge is 2.19. The maximum atomic E-state index is 12.9. The van der Waals surface area contributed by atoms with E-state index in [4.69, 9.17) is 14.2 Å². The fraction of sp³-hybridized carbons (Fsp3) is 0.746. The summed E-state index contributed by atoms with van der Waals surface area (Å²) in [6, 6.07) is 0. The Kier molecular flexibility index (Phi) is 58.3. The molecule has 0 bridgehead atoms. The lowest BCUT2D eigenvalue weighted by molar-refractivity contribution is -0.167. The number of carbonyl (C=O) groups is 3. The van der Waals surface area contributed by atoms with Crippen LogP contribution in [0.2, 0.25) is 0 Å². The number of hydrogen-bond acceptors (Lipinski definition) is 6. The highest BCUT2D eigenvalue weighted by atomic mass is 16.6. The maximum absolute atomic E-state index is 12.9. The summed E-state index contributed by atoms with van der Waals surface area (Å²) in [5, 5.41) is 0. The quantitative estimate of drug-likeness (QED) is 0.0261. The van der Waals surface area contributed by atoms with Crippen LogP contribution in [0.5, 0.6) is 0 Å². The van der Waals surface area contributed by atoms with Gasteiger partial charge in [0.15, 0.2) is 6.10 Å². The van der Waals surface area contributed by atoms with Gasteiger partial charge in [-0.15, -0.1) is 0 Å². The summed E-state index contributed by atoms with van der Waals surface area (Å²) >= 11 is 0. The molecule has 0 rings (SSSR count). The second-order valence-corrected chi connectivity index (χ2v) is 20.6. The third-order valence-electron chi connectivity index (χ3n) is 13.4. The molecule has 0 saturated carbocycles. The number of esters is 3. The van der Waals surface area contributed by atoms with Gasteiger partial charge in [0.05, 0.1) is 0 Å². The summed E-state index contributed by atoms with van der Waals surface area (Å²) in [6.07, 6.45) is 80.2. The van der Waals surface area contributed by atoms with Gasteiger partial charge in [0.2, 0.25) is 0 Å². The van der Waals surface area contributed by atoms with Crippen molar-refractivity contribution < 1.29 is 28.6 Å². The van der Waals surface area contributed by atoms with Crippen LogP contribution in [0.4, 0.5) is 0 Å². The Morgan fingerprint density at radius 2 is 0.534 bits per heavy atom. The van der Waals surface area contributed by atoms with Gasteiger partial charge in [0, 0.05) is 19.3 Å². The van der Waals surface area contributed by atoms with Gasteiger partial charge in [-0.1, -0.05) is 273 Å². The van der Waals surface area contributed by atoms with E-state index in [2.05, 4.69) is 106 Å². The van der Waals surface area contributed by atoms with Gasteiger partial charge in [-0.3, -0.25) is 14.4 Å². The van der Waals surface area contributed by atoms with Crippen molar-refractivity contribution in [3.63, 3.8) is 0 Å². The average molecular weight is 1020 g/mol. The molecule has 0 aromatic carbocycles. The maximum Gasteiger partial charge on any atom is 0.306 e. The Morgan fingerprint density at radius 3 is 0.836 bits per heavy atom. The van der Waals surface area contributed by atoms with Crippen LogP contribution in [-0.2, 0) is 28.6 Å². The van der Waals surface area contributed by atoms with Gasteiger partial charge >= 0.3 is 17.9 Å². The highest BCUT2D eigenvalue weighted by molar-refractivity contribution is 5.71. The normalized spacial score (nSPS) is 12.6. The summed E-state index contributed by atoms with van der Waals surface area (Å²) in [7, 11) is 0. The lowest BCUT2D eigenvalue weighted by Crippen LogP contribution is -2.30. The van der Waals surface area contributed by atoms with Crippen LogP contribution < -0.4 is 0 Å². The van der Waals surface area contributed by atoms with Crippen molar-refractivity contribution in [2.24, 2.45) is 0 Å². The first-order valence-electron chi connectivity index (χ1n) is 31.1. The number of hydrogen-bond donors (Lipinski definition) is 0. The molecular formula is C67H116O6. The Hall–Kier alpha value is -3.41. The molecular weight excluding hydrogens is 901 g/mol. The number of unbranched alkanes of at least 4 members (excludes halogenated alkanes) is 31. The van der Waals surface area contributed by atoms with E-state index in [-0.39, 0.29) is 31.1 Å². The van der Waals surface area contributed by atoms with Crippen LogP contribution in [0, 0.1) is 0 Å². The van der Waals surface area contributed by atoms with Crippen LogP contribution in [0.15, 0.2) is 85.1 Å². The van der Waals surface area contributed by atoms with Crippen molar-refractivity contribution in [1.29, 1.82) is 0 Å². The summed E-state index contributed by atoms with van der Waals surface area (Å²) < 4.78 is 16.9. The first-order valence-corrected chi connectivity index (χ1v) is 31.1. The first kappa shape index (κ1) is 69.6. The summed E-state index contributed by atoms with van der Waals surface area (Å²) in [6.45, 7) is 6.51. The molecule has 73 heavy (non-hydrogen) atoms. The monoisotopic (exact) mass is 1020 g/mol. The average Bonchev–Trinajstić information content (AvgIpc) is 3.39. The largest absolute Gasteiger partial charge is 0.462 e. The lowest BCUT2D eigenvalue weighted by atomic mass is 10.0. The summed E-state index contributed by atoms with van der Waals surface area (Å²) in [5.41, 5.74) is 0. The molecule has 6 heteroatoms. The zero-order valence-electron chi connectivity index (χ0n) is 48.1. The van der Waals surface area contributed by atoms with Gasteiger partial charge in [-0.05, 0) is 96.3 Å². The number of allylic oxidation sites excluding steroid dienone is 14. The van der Waals surface area contributed by atoms with Gasteiger partial charge in [0.1, 0.15) is 13.2 Å². The smallest absolute Gasteiger partial charge is 0.306 e. The molecule has 1 unspecified atom stereocenters. The van der Waals surface area contributed by atoms with Crippen molar-refractivity contribution in [1.82, 2.24) is 0 Å². The fourth-order valence-corrected chi connectivity index (χ4v) is 8.74. The van der Waals surface area contributed by atoms with E-state index in [0.29, 0.717) is 19.3 Å². The molecule has 0 fully saturated rings. The molecule has 0 amide bonds. The van der Waals surface area contributed by atoms with E-state index in [9.17, 15) is 14.4 Å². The second-order valence-electron chi connectivity index (χ2n) is 20.6. The molecule has 1 atom stereocenters. The molecule has 6 nitrogen and oxygen atoms in total. The Morgan fingerprint density at radius 1 is 0.288 bits per heavy atom. The Balaban J connectivity index is 4.27. The summed E-state index contributed by atoms with van der Waals surface area (Å²) in [4.78, 5) is 38.2. The topological polar surface area (TPSA) is 78.9 Å². The van der Waals surface area contributed by atoms with Crippen molar-refractivity contribution in [2.45, 2.75) is 309 Å². The van der Waals surface area contributed by atoms with Gasteiger partial charge < -0.3 is 14.2 Å². The Bertz CT molecular complexity index is 1400. The van der Waals surface area contributed by atoms with Crippen LogP contribution in [0.1, 0.15) is 303 Å². The standard InChI is InChI=1S/C67H116O6/c1-4-7-10-13-16-19-22-24-26-28-29-30-31-32-33-34-35-36-37-39-40-42-45-48-51-54-57-60-66(69)72-63-64(62-71-65(68)59-56-53-50-47-44-21-18-15-12-9-6-3)73-67(70)61-58-55-52-49-46-43-41-38-27-25-23-20-17-14-11-8-5-2/h8,11,17,20,22,24-25,27-29,31-32,41,43,64H,4-7,9-10,12-16,18-19,21,23,26,30,33-40,42,44-63H2,1-3H3/b11-8-,20-17-,24-22-,27-25-,29-28-,32-31-,43-41-. The molecule has 0 radical (unpaired) electrons. The molecule has 0 saturated heterocycles. The molecule has 0 aliphatic rings. The van der Waals surface area contributed by atoms with Crippen LogP contribution in [0.25, 0.3) is 0 Å². The Labute approximate surface area is 452 Å². The SMILES string of the molecule is CC/C=C\C/C=C\C/C=C\C/C=C\CCCCCCC(=O)OC(COC(=O)CCCCCCCCCCCCC)COC(=O)CCCCCCCCCCCCCC/C=C\C/C=C\C/C=C\CCCCCCC. The third kappa shape index (κ3) is 59.3. The minimum Gasteiger partial charge on any atom is -0.462 e. The number of rotatable bonds is 56. The molecule has 0 aliphatic heterocycles. The second kappa shape index (κ2) is 61.1. The van der Waals surface area contributed by atoms with E-state index in [1.807, 2.05) is 0 Å². The third-order valence-corrected chi connectivity index (χ3v) is 13.4. The van der Waals surface area contributed by atoms with Gasteiger partial charge in [-0.2, -0.15) is 0 Å². The van der Waals surface area contributed by atoms with E-state index in [1.54, 1.807) is 0 Å². The van der Waals surface area contributed by atoms with Crippen LogP contribution >= 0.6 is 0 Å². The first-order chi connectivity index (χ1) is 36.0. The van der Waals surface area contributed by atoms with Crippen molar-refractivity contribution >= 4 is 17.9 Å². The van der Waals surface area contributed by atoms with E-state index in [1.165, 1.54) is 154 Å². The zero-order valence-corrected chi connectivity index (χ0v) is 48.1. The molecule has 0 heterocycles. The van der Waals surface area contributed by atoms with Gasteiger partial charge in [0.25, 0.3) is 0 Å². The number of ether oxygens (including phenoxy) is 3. The molecule has 0 spiro atoms. The van der Waals surface area contributed by atoms with E-state index >= 15 is 0 Å². The highest BCUT2D eigenvalue weighted by Crippen LogP contribution is 2.16. The van der Waals surface area contributed by atoms with E-state index < -0.39 is 6.10 Å². The van der Waals surface area contributed by atoms with E-state index in [0.717, 1.165) is 109 Å². The predicted octanol–water partition coefficient (Wildman–Crippen LogP) is 21.1. The van der Waals surface area contributed by atoms with Crippen LogP contribution in [-0.4, -0.2) is 37.2 Å². The predicted molar refractivity (Wildman–Crippen MR) is 316 cm³/mol. The lowest BCUT2D eigenvalue weighted by Gasteiger charge is -2.18. The fourth-order valence-electron chi connectivity index (χ4n) is 8.74. The van der Waals surface area contributed by atoms with Crippen LogP contribution in [0.3, 0.4) is 0 Å². The molecule has 0 aromatic rings. The van der Waals surface area contributed by atoms with Crippen molar-refractivity contribution in [3.05, 3.63) is 85.1 Å². The number of carbonyl (C=O) groups excluding carboxylic acids is 3. The zero-order chi connectivity index (χ0) is 52.9. The van der Waals surface area contributed by atoms with Gasteiger partial charge in [-0.25, -0.2) is 0 Å². The van der Waals surface area contributed by atoms with Crippen molar-refractivity contribution in [2.75, 3.05) is 13.2 Å². The summed E-state index contributed by atoms with van der Waals surface area (Å²) in [5.74, 6) is -0.902. The molecule has 0 N–H and O–H groups in total.